The second-order valence-electron chi connectivity index (χ2n) is 6.15. The number of carbonyl (C=O) groups is 3. The molecular formula is C18H22N2O5S. The summed E-state index contributed by atoms with van der Waals surface area (Å²) >= 11 is 0.802. The molecule has 1 aromatic heterocycles. The summed E-state index contributed by atoms with van der Waals surface area (Å²) in [5.74, 6) is 0.202. The first kappa shape index (κ1) is 18.6. The second-order valence-corrected chi connectivity index (χ2v) is 7.14. The van der Waals surface area contributed by atoms with Crippen molar-refractivity contribution in [2.75, 3.05) is 31.1 Å². The van der Waals surface area contributed by atoms with E-state index in [-0.39, 0.29) is 18.1 Å². The van der Waals surface area contributed by atoms with Crippen LogP contribution in [0.15, 0.2) is 21.5 Å². The summed E-state index contributed by atoms with van der Waals surface area (Å²) in [6, 6.07) is 3.68. The van der Waals surface area contributed by atoms with Crippen LogP contribution in [0.25, 0.3) is 6.08 Å². The molecule has 3 rings (SSSR count). The van der Waals surface area contributed by atoms with Crippen LogP contribution in [0.4, 0.5) is 10.7 Å². The number of nitrogens with zero attached hydrogens (tertiary/aromatic N) is 2. The minimum atomic E-state index is -0.600. The lowest BCUT2D eigenvalue weighted by Gasteiger charge is -2.18. The third-order valence-corrected chi connectivity index (χ3v) is 5.18. The van der Waals surface area contributed by atoms with E-state index < -0.39 is 17.1 Å². The minimum Gasteiger partial charge on any atom is -0.465 e. The largest absolute Gasteiger partial charge is 0.465 e. The molecule has 7 nitrogen and oxygen atoms in total. The highest BCUT2D eigenvalue weighted by molar-refractivity contribution is 8.18. The van der Waals surface area contributed by atoms with Crippen LogP contribution < -0.4 is 4.90 Å². The van der Waals surface area contributed by atoms with E-state index in [4.69, 9.17) is 9.15 Å². The molecule has 2 amide bonds. The number of rotatable bonds is 5. The third kappa shape index (κ3) is 4.30. The van der Waals surface area contributed by atoms with E-state index in [2.05, 4.69) is 4.90 Å². The predicted octanol–water partition coefficient (Wildman–Crippen LogP) is 3.26. The van der Waals surface area contributed by atoms with Crippen LogP contribution in [-0.4, -0.2) is 48.3 Å². The van der Waals surface area contributed by atoms with Crippen LogP contribution in [0, 0.1) is 0 Å². The van der Waals surface area contributed by atoms with E-state index >= 15 is 0 Å². The van der Waals surface area contributed by atoms with Gasteiger partial charge in [-0.25, -0.2) is 0 Å². The lowest BCUT2D eigenvalue weighted by atomic mass is 10.2. The van der Waals surface area contributed by atoms with Crippen molar-refractivity contribution in [3.63, 3.8) is 0 Å². The highest BCUT2D eigenvalue weighted by Crippen LogP contribution is 2.33. The number of amides is 2. The molecule has 0 unspecified atom stereocenters. The number of ether oxygens (including phenoxy) is 1. The first-order valence-corrected chi connectivity index (χ1v) is 9.66. The molecule has 2 aliphatic heterocycles. The average Bonchev–Trinajstić information content (AvgIpc) is 3.04. The van der Waals surface area contributed by atoms with Gasteiger partial charge in [0, 0.05) is 25.2 Å². The normalized spacial score (nSPS) is 20.0. The summed E-state index contributed by atoms with van der Waals surface area (Å²) in [5, 5.41) is -0.478. The van der Waals surface area contributed by atoms with Crippen molar-refractivity contribution < 1.29 is 23.5 Å². The molecule has 0 atom stereocenters. The Morgan fingerprint density at radius 3 is 2.65 bits per heavy atom. The quantitative estimate of drug-likeness (QED) is 0.575. The molecule has 0 N–H and O–H groups in total. The number of carbonyl (C=O) groups excluding carboxylic acids is 3. The molecule has 0 aliphatic carbocycles. The monoisotopic (exact) mass is 378 g/mol. The molecule has 1 aromatic rings. The lowest BCUT2D eigenvalue weighted by molar-refractivity contribution is -0.145. The summed E-state index contributed by atoms with van der Waals surface area (Å²) in [5.41, 5.74) is 0. The van der Waals surface area contributed by atoms with Crippen LogP contribution in [0.1, 0.15) is 38.4 Å². The topological polar surface area (TPSA) is 80.1 Å². The molecule has 0 bridgehead atoms. The smallest absolute Gasteiger partial charge is 0.326 e. The van der Waals surface area contributed by atoms with E-state index in [1.165, 1.54) is 12.8 Å². The van der Waals surface area contributed by atoms with Crippen LogP contribution in [0.5, 0.6) is 0 Å². The van der Waals surface area contributed by atoms with E-state index in [0.29, 0.717) is 5.76 Å². The number of anilines is 1. The van der Waals surface area contributed by atoms with Gasteiger partial charge in [-0.05, 0) is 37.6 Å². The van der Waals surface area contributed by atoms with Gasteiger partial charge < -0.3 is 14.1 Å². The summed E-state index contributed by atoms with van der Waals surface area (Å²) < 4.78 is 10.6. The van der Waals surface area contributed by atoms with Gasteiger partial charge in [0.2, 0.25) is 0 Å². The third-order valence-electron chi connectivity index (χ3n) is 4.27. The Morgan fingerprint density at radius 1 is 1.23 bits per heavy atom. The summed E-state index contributed by atoms with van der Waals surface area (Å²) in [7, 11) is 0. The lowest BCUT2D eigenvalue weighted by Crippen LogP contribution is -2.34. The van der Waals surface area contributed by atoms with Crippen LogP contribution in [0.3, 0.4) is 0 Å². The number of imide groups is 1. The van der Waals surface area contributed by atoms with E-state index in [1.54, 1.807) is 19.1 Å². The maximum absolute atomic E-state index is 12.4. The second kappa shape index (κ2) is 8.44. The number of hydrogen-bond donors (Lipinski definition) is 0. The fourth-order valence-corrected chi connectivity index (χ4v) is 3.80. The Hall–Kier alpha value is -2.22. The highest BCUT2D eigenvalue weighted by atomic mass is 32.2. The van der Waals surface area contributed by atoms with Crippen molar-refractivity contribution in [1.82, 2.24) is 4.90 Å². The van der Waals surface area contributed by atoms with E-state index in [9.17, 15) is 14.4 Å². The molecule has 3 heterocycles. The molecule has 2 fully saturated rings. The maximum Gasteiger partial charge on any atom is 0.326 e. The van der Waals surface area contributed by atoms with Crippen LogP contribution in [0.2, 0.25) is 0 Å². The van der Waals surface area contributed by atoms with Gasteiger partial charge in [-0.1, -0.05) is 12.8 Å². The molecule has 0 radical (unpaired) electrons. The van der Waals surface area contributed by atoms with Crippen molar-refractivity contribution in [3.8, 4) is 0 Å². The number of furan rings is 1. The molecule has 2 saturated heterocycles. The van der Waals surface area contributed by atoms with Gasteiger partial charge in [-0.15, -0.1) is 0 Å². The summed E-state index contributed by atoms with van der Waals surface area (Å²) in [4.78, 5) is 39.3. The molecule has 8 heteroatoms. The molecule has 0 spiro atoms. The molecular weight excluding hydrogens is 356 g/mol. The van der Waals surface area contributed by atoms with Gasteiger partial charge in [-0.3, -0.25) is 19.3 Å². The highest BCUT2D eigenvalue weighted by Gasteiger charge is 2.36. The maximum atomic E-state index is 12.4. The molecule has 2 aliphatic rings. The Kier molecular flexibility index (Phi) is 6.03. The van der Waals surface area contributed by atoms with Gasteiger partial charge in [0.05, 0.1) is 11.5 Å². The Morgan fingerprint density at radius 2 is 1.96 bits per heavy atom. The summed E-state index contributed by atoms with van der Waals surface area (Å²) in [6.07, 6.45) is 6.30. The Labute approximate surface area is 156 Å². The van der Waals surface area contributed by atoms with Crippen molar-refractivity contribution in [3.05, 3.63) is 22.8 Å². The first-order valence-electron chi connectivity index (χ1n) is 8.84. The fraction of sp³-hybridized carbons (Fsp3) is 0.500. The number of thioether (sulfide) groups is 1. The molecule has 26 heavy (non-hydrogen) atoms. The van der Waals surface area contributed by atoms with E-state index in [0.717, 1.165) is 48.5 Å². The van der Waals surface area contributed by atoms with Gasteiger partial charge in [0.25, 0.3) is 11.1 Å². The van der Waals surface area contributed by atoms with Gasteiger partial charge in [0.1, 0.15) is 12.3 Å². The van der Waals surface area contributed by atoms with Gasteiger partial charge in [-0.2, -0.15) is 0 Å². The minimum absolute atomic E-state index is 0.205. The zero-order valence-corrected chi connectivity index (χ0v) is 15.5. The molecule has 0 saturated carbocycles. The number of esters is 1. The van der Waals surface area contributed by atoms with Crippen LogP contribution in [-0.2, 0) is 14.3 Å². The zero-order valence-electron chi connectivity index (χ0n) is 14.7. The SMILES string of the molecule is CCOC(=O)CN1C(=O)S/C(=C/c2ccc(N3CCCCCC3)o2)C1=O. The predicted molar refractivity (Wildman–Crippen MR) is 98.7 cm³/mol. The zero-order chi connectivity index (χ0) is 18.5. The van der Waals surface area contributed by atoms with Crippen molar-refractivity contribution in [1.29, 1.82) is 0 Å². The standard InChI is InChI=1S/C18H22N2O5S/c1-2-24-16(21)12-20-17(22)14(26-18(20)23)11-13-7-8-15(25-13)19-9-5-3-4-6-10-19/h7-8,11H,2-6,9-10,12H2,1H3/b14-11+. The summed E-state index contributed by atoms with van der Waals surface area (Å²) in [6.45, 7) is 3.43. The van der Waals surface area contributed by atoms with Gasteiger partial charge in [0.15, 0.2) is 5.88 Å². The Balaban J connectivity index is 1.69. The molecule has 140 valence electrons. The van der Waals surface area contributed by atoms with Crippen LogP contribution >= 0.6 is 11.8 Å². The van der Waals surface area contributed by atoms with Crippen molar-refractivity contribution >= 4 is 40.8 Å². The van der Waals surface area contributed by atoms with Gasteiger partial charge >= 0.3 is 5.97 Å². The average molecular weight is 378 g/mol. The Bertz CT molecular complexity index is 719. The first-order chi connectivity index (χ1) is 12.6. The van der Waals surface area contributed by atoms with Crippen molar-refractivity contribution in [2.24, 2.45) is 0 Å². The van der Waals surface area contributed by atoms with Crippen molar-refractivity contribution in [2.45, 2.75) is 32.6 Å². The van der Waals surface area contributed by atoms with E-state index in [1.807, 2.05) is 6.07 Å². The molecule has 0 aromatic carbocycles. The number of hydrogen-bond acceptors (Lipinski definition) is 7. The fourth-order valence-electron chi connectivity index (χ4n) is 2.98.